The van der Waals surface area contributed by atoms with Crippen LogP contribution in [-0.4, -0.2) is 81.7 Å². The zero-order valence-electron chi connectivity index (χ0n) is 22.9. The topological polar surface area (TPSA) is 172 Å². The van der Waals surface area contributed by atoms with Crippen molar-refractivity contribution in [2.75, 3.05) is 31.5 Å². The first-order chi connectivity index (χ1) is 19.9. The maximum absolute atomic E-state index is 13.5. The second-order valence-electron chi connectivity index (χ2n) is 10.3. The van der Waals surface area contributed by atoms with Gasteiger partial charge < -0.3 is 29.8 Å². The van der Waals surface area contributed by atoms with E-state index in [1.165, 1.54) is 12.5 Å². The maximum Gasteiger partial charge on any atom is 0.269 e. The van der Waals surface area contributed by atoms with Gasteiger partial charge in [0.2, 0.25) is 17.8 Å². The number of aryl methyl sites for hydroxylation is 1. The number of amides is 3. The predicted octanol–water partition coefficient (Wildman–Crippen LogP) is 2.11. The van der Waals surface area contributed by atoms with Gasteiger partial charge in [-0.1, -0.05) is 0 Å². The van der Waals surface area contributed by atoms with Gasteiger partial charge in [0.05, 0.1) is 19.1 Å². The van der Waals surface area contributed by atoms with Crippen molar-refractivity contribution in [3.63, 3.8) is 0 Å². The number of furan rings is 1. The second kappa shape index (κ2) is 12.5. The molecule has 2 atom stereocenters. The summed E-state index contributed by atoms with van der Waals surface area (Å²) in [6.45, 7) is 3.17. The first-order valence-electron chi connectivity index (χ1n) is 13.8. The molecule has 0 radical (unpaired) electrons. The third-order valence-corrected chi connectivity index (χ3v) is 7.38. The Kier molecular flexibility index (Phi) is 8.47. The number of anilines is 1. The molecule has 214 valence electrons. The van der Waals surface area contributed by atoms with Gasteiger partial charge in [0.1, 0.15) is 23.1 Å². The Balaban J connectivity index is 1.23. The quantitative estimate of drug-likeness (QED) is 0.147. The van der Waals surface area contributed by atoms with Gasteiger partial charge in [0.15, 0.2) is 6.19 Å². The fraction of sp³-hybridized carbons (Fsp3) is 0.429. The molecule has 1 aromatic carbocycles. The number of H-pyrrole nitrogens is 1. The van der Waals surface area contributed by atoms with Crippen molar-refractivity contribution < 1.29 is 18.8 Å². The van der Waals surface area contributed by atoms with E-state index in [9.17, 15) is 19.6 Å². The third-order valence-electron chi connectivity index (χ3n) is 7.38. The van der Waals surface area contributed by atoms with E-state index in [4.69, 9.17) is 4.42 Å². The highest BCUT2D eigenvalue weighted by molar-refractivity contribution is 5.98. The Bertz CT molecular complexity index is 1470. The lowest BCUT2D eigenvalue weighted by atomic mass is 10.1. The van der Waals surface area contributed by atoms with Crippen molar-refractivity contribution in [1.82, 2.24) is 30.4 Å². The second-order valence-corrected chi connectivity index (χ2v) is 10.3. The van der Waals surface area contributed by atoms with E-state index in [2.05, 4.69) is 30.9 Å². The molecule has 0 aliphatic carbocycles. The molecule has 13 heteroatoms. The summed E-state index contributed by atoms with van der Waals surface area (Å²) >= 11 is 0. The molecule has 2 aromatic heterocycles. The van der Waals surface area contributed by atoms with Crippen LogP contribution in [0.3, 0.4) is 0 Å². The molecule has 3 amide bonds. The minimum atomic E-state index is -0.739. The van der Waals surface area contributed by atoms with Crippen LogP contribution in [0.5, 0.6) is 0 Å². The van der Waals surface area contributed by atoms with Crippen molar-refractivity contribution >= 4 is 40.3 Å². The maximum atomic E-state index is 13.5. The van der Waals surface area contributed by atoms with Crippen molar-refractivity contribution in [1.29, 1.82) is 5.26 Å². The Morgan fingerprint density at radius 3 is 2.90 bits per heavy atom. The van der Waals surface area contributed by atoms with E-state index in [0.29, 0.717) is 37.4 Å². The first-order valence-corrected chi connectivity index (χ1v) is 13.8. The number of aromatic amines is 1. The number of benzene rings is 1. The van der Waals surface area contributed by atoms with Crippen molar-refractivity contribution in [3.8, 4) is 6.19 Å². The predicted molar refractivity (Wildman–Crippen MR) is 151 cm³/mol. The average molecular weight is 560 g/mol. The molecule has 2 aliphatic rings. The zero-order valence-corrected chi connectivity index (χ0v) is 22.9. The number of carbonyl (C=O) groups excluding carboxylic acids is 3. The molecule has 0 bridgehead atoms. The van der Waals surface area contributed by atoms with Gasteiger partial charge >= 0.3 is 0 Å². The smallest absolute Gasteiger partial charge is 0.269 e. The van der Waals surface area contributed by atoms with E-state index in [0.717, 1.165) is 42.4 Å². The molecule has 3 aromatic rings. The lowest BCUT2D eigenvalue weighted by molar-refractivity contribution is -0.141. The van der Waals surface area contributed by atoms with Crippen LogP contribution in [0.2, 0.25) is 0 Å². The van der Waals surface area contributed by atoms with Crippen LogP contribution in [0.4, 0.5) is 5.69 Å². The number of fused-ring (bicyclic) bond motifs is 1. The van der Waals surface area contributed by atoms with Crippen LogP contribution in [-0.2, 0) is 9.59 Å². The lowest BCUT2D eigenvalue weighted by Crippen LogP contribution is -2.49. The van der Waals surface area contributed by atoms with Crippen molar-refractivity contribution in [2.24, 2.45) is 4.99 Å². The standard InChI is InChI=1S/C28H33N9O4/c1-18-11-19-12-20(7-8-24(19)41-18)34-28(32-16-29)35-22-6-2-3-9-36(27(22)40)15-25(38)37-10-4-5-21(37)13-31-26(39)23-14-30-17-33-23/h7-8,11-12,14,17,21-22H,2-6,9-10,13,15H2,1H3,(H,30,33)(H,31,39)(H2,32,34,35)/t21-,22-/m0/s1. The summed E-state index contributed by atoms with van der Waals surface area (Å²) in [6, 6.07) is 6.55. The molecule has 5 rings (SSSR count). The Morgan fingerprint density at radius 1 is 1.22 bits per heavy atom. The molecule has 2 aliphatic heterocycles. The molecular formula is C28H33N9O4. The Morgan fingerprint density at radius 2 is 2.10 bits per heavy atom. The van der Waals surface area contributed by atoms with Crippen LogP contribution >= 0.6 is 0 Å². The van der Waals surface area contributed by atoms with Crippen molar-refractivity contribution in [3.05, 3.63) is 48.2 Å². The van der Waals surface area contributed by atoms with Crippen molar-refractivity contribution in [2.45, 2.75) is 51.1 Å². The zero-order chi connectivity index (χ0) is 28.8. The van der Waals surface area contributed by atoms with E-state index < -0.39 is 6.04 Å². The van der Waals surface area contributed by atoms with Gasteiger partial charge in [-0.05, 0) is 63.3 Å². The third kappa shape index (κ3) is 6.66. The number of guanidine groups is 1. The molecule has 41 heavy (non-hydrogen) atoms. The van der Waals surface area contributed by atoms with Crippen LogP contribution < -0.4 is 16.0 Å². The monoisotopic (exact) mass is 559 g/mol. The minimum absolute atomic E-state index is 0.0548. The normalized spacial score (nSPS) is 19.6. The summed E-state index contributed by atoms with van der Waals surface area (Å²) in [5.41, 5.74) is 1.80. The number of nitriles is 1. The van der Waals surface area contributed by atoms with E-state index in [1.54, 1.807) is 9.80 Å². The highest BCUT2D eigenvalue weighted by Crippen LogP contribution is 2.23. The van der Waals surface area contributed by atoms with Crippen LogP contribution in [0.1, 0.15) is 48.4 Å². The molecule has 0 unspecified atom stereocenters. The van der Waals surface area contributed by atoms with E-state index >= 15 is 0 Å². The highest BCUT2D eigenvalue weighted by atomic mass is 16.3. The van der Waals surface area contributed by atoms with Gasteiger partial charge in [0.25, 0.3) is 5.91 Å². The Labute approximate surface area is 237 Å². The van der Waals surface area contributed by atoms with Gasteiger partial charge in [-0.25, -0.2) is 9.98 Å². The summed E-state index contributed by atoms with van der Waals surface area (Å²) < 4.78 is 5.62. The minimum Gasteiger partial charge on any atom is -0.461 e. The van der Waals surface area contributed by atoms with Gasteiger partial charge in [0, 0.05) is 36.7 Å². The molecule has 4 heterocycles. The number of nitrogens with one attached hydrogen (secondary N) is 4. The molecule has 2 saturated heterocycles. The summed E-state index contributed by atoms with van der Waals surface area (Å²) in [6.07, 6.45) is 8.38. The molecule has 0 saturated carbocycles. The first kappa shape index (κ1) is 27.7. The molecule has 0 spiro atoms. The summed E-state index contributed by atoms with van der Waals surface area (Å²) in [5, 5.41) is 18.7. The average Bonchev–Trinajstić information content (AvgIpc) is 3.71. The largest absolute Gasteiger partial charge is 0.461 e. The number of hydrogen-bond donors (Lipinski definition) is 4. The molecule has 2 fully saturated rings. The fourth-order valence-corrected chi connectivity index (χ4v) is 5.37. The van der Waals surface area contributed by atoms with Crippen LogP contribution in [0, 0.1) is 18.4 Å². The molecular weight excluding hydrogens is 526 g/mol. The number of likely N-dealkylation sites (tertiary alicyclic amines) is 2. The Hall–Kier alpha value is -4.86. The number of hydrogen-bond acceptors (Lipinski definition) is 7. The SMILES string of the molecule is Cc1cc2cc(NC(=N[C@H]3CCCCN(CC(=O)N4CCC[C@H]4CNC(=O)c4cnc[nH]4)C3=O)NC#N)ccc2o1. The number of imidazole rings is 1. The van der Waals surface area contributed by atoms with Gasteiger partial charge in [-0.3, -0.25) is 19.7 Å². The molecule has 13 nitrogen and oxygen atoms in total. The van der Waals surface area contributed by atoms with Gasteiger partial charge in [-0.2, -0.15) is 5.26 Å². The van der Waals surface area contributed by atoms with Crippen LogP contribution in [0.15, 0.2) is 46.2 Å². The van der Waals surface area contributed by atoms with Gasteiger partial charge in [-0.15, -0.1) is 0 Å². The number of nitrogens with zero attached hydrogens (tertiary/aromatic N) is 5. The summed E-state index contributed by atoms with van der Waals surface area (Å²) in [4.78, 5) is 53.7. The fourth-order valence-electron chi connectivity index (χ4n) is 5.37. The number of aromatic nitrogens is 2. The summed E-state index contributed by atoms with van der Waals surface area (Å²) in [7, 11) is 0. The molecule has 4 N–H and O–H groups in total. The highest BCUT2D eigenvalue weighted by Gasteiger charge is 2.33. The van der Waals surface area contributed by atoms with Crippen LogP contribution in [0.25, 0.3) is 11.0 Å². The number of rotatable bonds is 7. The number of aliphatic imine (C=N–C) groups is 1. The summed E-state index contributed by atoms with van der Waals surface area (Å²) in [5.74, 6) is 0.267. The number of carbonyl (C=O) groups is 3. The van der Waals surface area contributed by atoms with E-state index in [1.807, 2.05) is 37.4 Å². The van der Waals surface area contributed by atoms with E-state index in [-0.39, 0.29) is 36.3 Å². The lowest BCUT2D eigenvalue weighted by Gasteiger charge is -2.29.